The molecule has 0 N–H and O–H groups in total. The lowest BCUT2D eigenvalue weighted by atomic mass is 10.3. The Balaban J connectivity index is 3.48. The molecular formula is C8H13BrO2. The minimum absolute atomic E-state index is 0.263. The van der Waals surface area contributed by atoms with Crippen LogP contribution in [0.5, 0.6) is 0 Å². The van der Waals surface area contributed by atoms with Crippen LogP contribution in [0.1, 0.15) is 20.3 Å². The van der Waals surface area contributed by atoms with Gasteiger partial charge in [0.25, 0.3) is 0 Å². The molecule has 64 valence electrons. The fourth-order valence-electron chi connectivity index (χ4n) is 0.542. The minimum atomic E-state index is -0.263. The molecule has 3 heteroatoms. The van der Waals surface area contributed by atoms with Gasteiger partial charge in [0.15, 0.2) is 0 Å². The first-order valence-electron chi connectivity index (χ1n) is 3.64. The largest absolute Gasteiger partial charge is 0.463 e. The molecule has 0 aromatic heterocycles. The molecule has 1 unspecified atom stereocenters. The smallest absolute Gasteiger partial charge is 0.330 e. The molecule has 0 aromatic rings. The van der Waals surface area contributed by atoms with Crippen LogP contribution >= 0.6 is 15.9 Å². The number of halogens is 1. The standard InChI is InChI=1S/C8H13BrO2/c1-3-11-8(10)6-4-5-7(2)9/h4,6-7H,3,5H2,1-2H3/b6-4+. The van der Waals surface area contributed by atoms with Gasteiger partial charge in [0.2, 0.25) is 0 Å². The second kappa shape index (κ2) is 6.40. The van der Waals surface area contributed by atoms with Crippen molar-refractivity contribution in [3.63, 3.8) is 0 Å². The van der Waals surface area contributed by atoms with Gasteiger partial charge < -0.3 is 4.74 Å². The normalized spacial score (nSPS) is 13.4. The molecule has 0 aromatic carbocycles. The Morgan fingerprint density at radius 1 is 1.73 bits per heavy atom. The van der Waals surface area contributed by atoms with Crippen molar-refractivity contribution in [1.82, 2.24) is 0 Å². The third kappa shape index (κ3) is 7.59. The molecule has 2 nitrogen and oxygen atoms in total. The van der Waals surface area contributed by atoms with Crippen molar-refractivity contribution in [1.29, 1.82) is 0 Å². The van der Waals surface area contributed by atoms with Crippen LogP contribution in [0.15, 0.2) is 12.2 Å². The molecule has 0 amide bonds. The predicted molar refractivity (Wildman–Crippen MR) is 48.8 cm³/mol. The Morgan fingerprint density at radius 3 is 2.82 bits per heavy atom. The van der Waals surface area contributed by atoms with E-state index >= 15 is 0 Å². The van der Waals surface area contributed by atoms with E-state index in [9.17, 15) is 4.79 Å². The van der Waals surface area contributed by atoms with Crippen molar-refractivity contribution in [3.8, 4) is 0 Å². The van der Waals surface area contributed by atoms with Crippen molar-refractivity contribution in [2.75, 3.05) is 6.61 Å². The zero-order valence-corrected chi connectivity index (χ0v) is 8.43. The Labute approximate surface area is 75.7 Å². The number of ether oxygens (including phenoxy) is 1. The third-order valence-corrected chi connectivity index (χ3v) is 1.38. The predicted octanol–water partition coefficient (Wildman–Crippen LogP) is 2.28. The number of hydrogen-bond acceptors (Lipinski definition) is 2. The quantitative estimate of drug-likeness (QED) is 0.413. The molecule has 0 aliphatic heterocycles. The Hall–Kier alpha value is -0.310. The molecule has 0 saturated carbocycles. The second-order valence-corrected chi connectivity index (χ2v) is 3.73. The molecule has 0 rings (SSSR count). The number of allylic oxidation sites excluding steroid dienone is 1. The molecule has 0 bridgehead atoms. The minimum Gasteiger partial charge on any atom is -0.463 e. The molecule has 0 aliphatic carbocycles. The van der Waals surface area contributed by atoms with Crippen LogP contribution in [0.25, 0.3) is 0 Å². The molecule has 0 saturated heterocycles. The second-order valence-electron chi connectivity index (χ2n) is 2.17. The third-order valence-electron chi connectivity index (χ3n) is 1.00. The van der Waals surface area contributed by atoms with E-state index in [1.54, 1.807) is 13.0 Å². The summed E-state index contributed by atoms with van der Waals surface area (Å²) < 4.78 is 4.68. The van der Waals surface area contributed by atoms with Gasteiger partial charge in [0.05, 0.1) is 6.61 Å². The van der Waals surface area contributed by atoms with Gasteiger partial charge in [-0.15, -0.1) is 0 Å². The SMILES string of the molecule is CCOC(=O)/C=C/CC(C)Br. The van der Waals surface area contributed by atoms with Crippen LogP contribution in [-0.2, 0) is 9.53 Å². The van der Waals surface area contributed by atoms with E-state index < -0.39 is 0 Å². The van der Waals surface area contributed by atoms with Crippen LogP contribution in [0.3, 0.4) is 0 Å². The Bertz CT molecular complexity index is 141. The van der Waals surface area contributed by atoms with Crippen molar-refractivity contribution < 1.29 is 9.53 Å². The van der Waals surface area contributed by atoms with E-state index in [0.29, 0.717) is 11.4 Å². The highest BCUT2D eigenvalue weighted by Gasteiger charge is 1.94. The van der Waals surface area contributed by atoms with E-state index in [2.05, 4.69) is 20.7 Å². The fourth-order valence-corrected chi connectivity index (χ4v) is 0.758. The van der Waals surface area contributed by atoms with Crippen molar-refractivity contribution >= 4 is 21.9 Å². The summed E-state index contributed by atoms with van der Waals surface area (Å²) in [6.45, 7) is 4.25. The summed E-state index contributed by atoms with van der Waals surface area (Å²) in [6, 6.07) is 0. The molecule has 1 atom stereocenters. The highest BCUT2D eigenvalue weighted by molar-refractivity contribution is 9.09. The first-order chi connectivity index (χ1) is 5.16. The van der Waals surface area contributed by atoms with Gasteiger partial charge in [0, 0.05) is 10.9 Å². The van der Waals surface area contributed by atoms with Crippen molar-refractivity contribution in [2.45, 2.75) is 25.1 Å². The number of rotatable bonds is 4. The van der Waals surface area contributed by atoms with Crippen LogP contribution in [0.4, 0.5) is 0 Å². The van der Waals surface area contributed by atoms with Gasteiger partial charge in [0.1, 0.15) is 0 Å². The van der Waals surface area contributed by atoms with Crippen LogP contribution < -0.4 is 0 Å². The van der Waals surface area contributed by atoms with Crippen molar-refractivity contribution in [2.24, 2.45) is 0 Å². The zero-order valence-electron chi connectivity index (χ0n) is 6.84. The zero-order chi connectivity index (χ0) is 8.69. The summed E-state index contributed by atoms with van der Waals surface area (Å²) in [5.74, 6) is -0.263. The van der Waals surface area contributed by atoms with Crippen LogP contribution in [0.2, 0.25) is 0 Å². The lowest BCUT2D eigenvalue weighted by Gasteiger charge is -1.96. The lowest BCUT2D eigenvalue weighted by molar-refractivity contribution is -0.137. The van der Waals surface area contributed by atoms with Gasteiger partial charge in [-0.25, -0.2) is 4.79 Å². The summed E-state index contributed by atoms with van der Waals surface area (Å²) in [5.41, 5.74) is 0. The monoisotopic (exact) mass is 220 g/mol. The molecule has 0 fully saturated rings. The molecule has 0 spiro atoms. The number of carbonyl (C=O) groups excluding carboxylic acids is 1. The maximum absolute atomic E-state index is 10.7. The number of esters is 1. The maximum atomic E-state index is 10.7. The molecular weight excluding hydrogens is 208 g/mol. The molecule has 11 heavy (non-hydrogen) atoms. The van der Waals surface area contributed by atoms with E-state index in [1.807, 2.05) is 6.92 Å². The van der Waals surface area contributed by atoms with Crippen LogP contribution in [0, 0.1) is 0 Å². The summed E-state index contributed by atoms with van der Waals surface area (Å²) in [7, 11) is 0. The average molecular weight is 221 g/mol. The summed E-state index contributed by atoms with van der Waals surface area (Å²) in [4.78, 5) is 11.1. The van der Waals surface area contributed by atoms with Gasteiger partial charge in [-0.3, -0.25) is 0 Å². The Kier molecular flexibility index (Phi) is 6.22. The topological polar surface area (TPSA) is 26.3 Å². The Morgan fingerprint density at radius 2 is 2.36 bits per heavy atom. The summed E-state index contributed by atoms with van der Waals surface area (Å²) in [6.07, 6.45) is 4.11. The number of hydrogen-bond donors (Lipinski definition) is 0. The first-order valence-corrected chi connectivity index (χ1v) is 4.55. The van der Waals surface area contributed by atoms with Gasteiger partial charge >= 0.3 is 5.97 Å². The van der Waals surface area contributed by atoms with Gasteiger partial charge in [-0.2, -0.15) is 0 Å². The van der Waals surface area contributed by atoms with Crippen LogP contribution in [-0.4, -0.2) is 17.4 Å². The van der Waals surface area contributed by atoms with E-state index in [1.165, 1.54) is 6.08 Å². The van der Waals surface area contributed by atoms with E-state index in [0.717, 1.165) is 6.42 Å². The summed E-state index contributed by atoms with van der Waals surface area (Å²) >= 11 is 3.36. The molecule has 0 aliphatic rings. The first kappa shape index (κ1) is 10.7. The van der Waals surface area contributed by atoms with E-state index in [-0.39, 0.29) is 5.97 Å². The molecule has 0 radical (unpaired) electrons. The van der Waals surface area contributed by atoms with Gasteiger partial charge in [-0.05, 0) is 13.3 Å². The number of carbonyl (C=O) groups is 1. The highest BCUT2D eigenvalue weighted by Crippen LogP contribution is 2.03. The maximum Gasteiger partial charge on any atom is 0.330 e. The average Bonchev–Trinajstić information content (AvgIpc) is 1.87. The van der Waals surface area contributed by atoms with Gasteiger partial charge in [-0.1, -0.05) is 28.9 Å². The summed E-state index contributed by atoms with van der Waals surface area (Å²) in [5, 5.41) is 0. The molecule has 0 heterocycles. The highest BCUT2D eigenvalue weighted by atomic mass is 79.9. The van der Waals surface area contributed by atoms with E-state index in [4.69, 9.17) is 0 Å². The number of alkyl halides is 1. The van der Waals surface area contributed by atoms with Crippen molar-refractivity contribution in [3.05, 3.63) is 12.2 Å². The fraction of sp³-hybridized carbons (Fsp3) is 0.625. The lowest BCUT2D eigenvalue weighted by Crippen LogP contribution is -1.99.